The zero-order valence-corrected chi connectivity index (χ0v) is 9.00. The average Bonchev–Trinajstić information content (AvgIpc) is 1.97. The Morgan fingerprint density at radius 3 is 2.23 bits per heavy atom. The van der Waals surface area contributed by atoms with E-state index in [9.17, 15) is 8.42 Å². The predicted octanol–water partition coefficient (Wildman–Crippen LogP) is -1.39. The van der Waals surface area contributed by atoms with Crippen LogP contribution in [0.4, 0.5) is 0 Å². The molecule has 0 saturated carbocycles. The Bertz CT molecular complexity index is 227. The van der Waals surface area contributed by atoms with Crippen LogP contribution >= 0.6 is 0 Å². The van der Waals surface area contributed by atoms with Crippen LogP contribution in [-0.2, 0) is 10.2 Å². The second kappa shape index (κ2) is 5.51. The van der Waals surface area contributed by atoms with Gasteiger partial charge in [-0.2, -0.15) is 12.7 Å². The summed E-state index contributed by atoms with van der Waals surface area (Å²) in [7, 11) is 1.22. The highest BCUT2D eigenvalue weighted by atomic mass is 32.2. The lowest BCUT2D eigenvalue weighted by Gasteiger charge is -2.20. The van der Waals surface area contributed by atoms with Crippen LogP contribution in [0.15, 0.2) is 0 Å². The molecular formula is C6H17N3O3S. The van der Waals surface area contributed by atoms with Gasteiger partial charge in [-0.1, -0.05) is 0 Å². The number of hydrogen-bond acceptors (Lipinski definition) is 4. The molecule has 2 N–H and O–H groups in total. The van der Waals surface area contributed by atoms with Crippen molar-refractivity contribution in [2.75, 3.05) is 34.3 Å². The maximum absolute atomic E-state index is 11.3. The highest BCUT2D eigenvalue weighted by molar-refractivity contribution is 7.87. The quantitative estimate of drug-likeness (QED) is 0.531. The van der Waals surface area contributed by atoms with Crippen molar-refractivity contribution >= 4 is 10.2 Å². The molecule has 0 spiro atoms. The fourth-order valence-corrected chi connectivity index (χ4v) is 1.68. The van der Waals surface area contributed by atoms with E-state index in [4.69, 9.17) is 5.11 Å². The standard InChI is InChI=1S/C6H17N3O3S/c1-8(2)7-13(11,12)9(3)5-4-6-10/h7,10H,4-6H2,1-3H3. The Morgan fingerprint density at radius 2 is 1.85 bits per heavy atom. The summed E-state index contributed by atoms with van der Waals surface area (Å²) < 4.78 is 23.8. The third-order valence-corrected chi connectivity index (χ3v) is 2.94. The van der Waals surface area contributed by atoms with Gasteiger partial charge in [0.05, 0.1) is 0 Å². The molecule has 0 saturated heterocycles. The average molecular weight is 211 g/mol. The molecule has 0 unspecified atom stereocenters. The van der Waals surface area contributed by atoms with E-state index >= 15 is 0 Å². The molecule has 0 atom stereocenters. The van der Waals surface area contributed by atoms with E-state index in [1.54, 1.807) is 14.1 Å². The van der Waals surface area contributed by atoms with Crippen molar-refractivity contribution in [3.8, 4) is 0 Å². The maximum atomic E-state index is 11.3. The van der Waals surface area contributed by atoms with Crippen LogP contribution in [0.3, 0.4) is 0 Å². The maximum Gasteiger partial charge on any atom is 0.292 e. The monoisotopic (exact) mass is 211 g/mol. The van der Waals surface area contributed by atoms with Gasteiger partial charge in [0.1, 0.15) is 0 Å². The highest BCUT2D eigenvalue weighted by Gasteiger charge is 2.16. The first-order valence-electron chi connectivity index (χ1n) is 3.92. The number of hydrogen-bond donors (Lipinski definition) is 2. The van der Waals surface area contributed by atoms with Crippen molar-refractivity contribution in [1.29, 1.82) is 0 Å². The third-order valence-electron chi connectivity index (χ3n) is 1.34. The lowest BCUT2D eigenvalue weighted by Crippen LogP contribution is -2.45. The molecule has 13 heavy (non-hydrogen) atoms. The number of aliphatic hydroxyl groups is 1. The van der Waals surface area contributed by atoms with Gasteiger partial charge in [0.25, 0.3) is 10.2 Å². The van der Waals surface area contributed by atoms with E-state index < -0.39 is 10.2 Å². The van der Waals surface area contributed by atoms with Gasteiger partial charge in [0.2, 0.25) is 0 Å². The minimum Gasteiger partial charge on any atom is -0.396 e. The van der Waals surface area contributed by atoms with Crippen molar-refractivity contribution in [2.24, 2.45) is 0 Å². The van der Waals surface area contributed by atoms with Gasteiger partial charge >= 0.3 is 0 Å². The van der Waals surface area contributed by atoms with Crippen molar-refractivity contribution in [2.45, 2.75) is 6.42 Å². The molecule has 0 radical (unpaired) electrons. The first kappa shape index (κ1) is 12.8. The smallest absolute Gasteiger partial charge is 0.292 e. The number of nitrogens with zero attached hydrogens (tertiary/aromatic N) is 2. The second-order valence-electron chi connectivity index (χ2n) is 2.89. The summed E-state index contributed by atoms with van der Waals surface area (Å²) in [5, 5.41) is 9.86. The topological polar surface area (TPSA) is 72.9 Å². The van der Waals surface area contributed by atoms with E-state index in [1.165, 1.54) is 12.1 Å². The number of aliphatic hydroxyl groups excluding tert-OH is 1. The van der Waals surface area contributed by atoms with Gasteiger partial charge in [-0.3, -0.25) is 0 Å². The molecule has 0 rings (SSSR count). The largest absolute Gasteiger partial charge is 0.396 e. The molecule has 0 amide bonds. The minimum absolute atomic E-state index is 0.0121. The predicted molar refractivity (Wildman–Crippen MR) is 50.1 cm³/mol. The minimum atomic E-state index is -3.43. The molecule has 0 aliphatic rings. The molecule has 80 valence electrons. The summed E-state index contributed by atoms with van der Waals surface area (Å²) in [6.07, 6.45) is 0.435. The first-order valence-corrected chi connectivity index (χ1v) is 5.36. The lowest BCUT2D eigenvalue weighted by molar-refractivity contribution is 0.272. The number of nitrogens with one attached hydrogen (secondary N) is 1. The molecule has 0 aliphatic heterocycles. The fourth-order valence-electron chi connectivity index (χ4n) is 0.714. The van der Waals surface area contributed by atoms with E-state index in [0.29, 0.717) is 13.0 Å². The van der Waals surface area contributed by atoms with Crippen LogP contribution in [0, 0.1) is 0 Å². The SMILES string of the molecule is CN(C)NS(=O)(=O)N(C)CCCO. The third kappa shape index (κ3) is 5.17. The second-order valence-corrected chi connectivity index (χ2v) is 4.65. The van der Waals surface area contributed by atoms with Crippen LogP contribution < -0.4 is 4.83 Å². The zero-order chi connectivity index (χ0) is 10.5. The summed E-state index contributed by atoms with van der Waals surface area (Å²) in [4.78, 5) is 2.28. The molecule has 6 nitrogen and oxygen atoms in total. The molecule has 7 heteroatoms. The van der Waals surface area contributed by atoms with Gasteiger partial charge in [-0.25, -0.2) is 5.01 Å². The van der Waals surface area contributed by atoms with Crippen molar-refractivity contribution in [3.63, 3.8) is 0 Å². The molecule has 0 aromatic rings. The van der Waals surface area contributed by atoms with Gasteiger partial charge in [-0.05, 0) is 6.42 Å². The van der Waals surface area contributed by atoms with Crippen molar-refractivity contribution in [3.05, 3.63) is 0 Å². The summed E-state index contributed by atoms with van der Waals surface area (Å²) in [6, 6.07) is 0. The van der Waals surface area contributed by atoms with Crippen molar-refractivity contribution < 1.29 is 13.5 Å². The Morgan fingerprint density at radius 1 is 1.31 bits per heavy atom. The highest BCUT2D eigenvalue weighted by Crippen LogP contribution is 1.95. The first-order chi connectivity index (χ1) is 5.90. The normalized spacial score (nSPS) is 12.8. The van der Waals surface area contributed by atoms with E-state index in [-0.39, 0.29) is 6.61 Å². The zero-order valence-electron chi connectivity index (χ0n) is 8.19. The van der Waals surface area contributed by atoms with Gasteiger partial charge < -0.3 is 5.11 Å². The molecule has 0 fully saturated rings. The summed E-state index contributed by atoms with van der Waals surface area (Å²) >= 11 is 0. The van der Waals surface area contributed by atoms with Crippen LogP contribution in [0.5, 0.6) is 0 Å². The lowest BCUT2D eigenvalue weighted by atomic mass is 10.5. The summed E-state index contributed by atoms with van der Waals surface area (Å²) in [6.45, 7) is 0.293. The Hall–Kier alpha value is -0.210. The fraction of sp³-hybridized carbons (Fsp3) is 1.00. The molecular weight excluding hydrogens is 194 g/mol. The van der Waals surface area contributed by atoms with Gasteiger partial charge in [0.15, 0.2) is 0 Å². The molecule has 0 aliphatic carbocycles. The van der Waals surface area contributed by atoms with E-state index in [2.05, 4.69) is 4.83 Å². The van der Waals surface area contributed by atoms with Gasteiger partial charge in [-0.15, -0.1) is 4.83 Å². The van der Waals surface area contributed by atoms with E-state index in [0.717, 1.165) is 4.31 Å². The van der Waals surface area contributed by atoms with Crippen molar-refractivity contribution in [1.82, 2.24) is 14.1 Å². The van der Waals surface area contributed by atoms with Gasteiger partial charge in [0, 0.05) is 34.3 Å². The summed E-state index contributed by atoms with van der Waals surface area (Å²) in [5.74, 6) is 0. The Kier molecular flexibility index (Phi) is 5.42. The van der Waals surface area contributed by atoms with Crippen LogP contribution in [0.2, 0.25) is 0 Å². The van der Waals surface area contributed by atoms with Crippen LogP contribution in [0.25, 0.3) is 0 Å². The van der Waals surface area contributed by atoms with E-state index in [1.807, 2.05) is 0 Å². The number of rotatable bonds is 6. The molecule has 0 bridgehead atoms. The van der Waals surface area contributed by atoms with Crippen LogP contribution in [0.1, 0.15) is 6.42 Å². The Labute approximate surface area is 79.3 Å². The molecule has 0 aromatic carbocycles. The Balaban J connectivity index is 4.12. The molecule has 0 aromatic heterocycles. The number of hydrazine groups is 1. The summed E-state index contributed by atoms with van der Waals surface area (Å²) in [5.41, 5.74) is 0. The molecule has 0 heterocycles. The van der Waals surface area contributed by atoms with Crippen LogP contribution in [-0.4, -0.2) is 57.1 Å².